The second-order valence-electron chi connectivity index (χ2n) is 7.70. The number of benzene rings is 2. The summed E-state index contributed by atoms with van der Waals surface area (Å²) >= 11 is 0. The van der Waals surface area contributed by atoms with Crippen molar-refractivity contribution < 1.29 is 18.7 Å². The Morgan fingerprint density at radius 2 is 1.97 bits per heavy atom. The number of carbonyl (C=O) groups is 1. The largest absolute Gasteiger partial charge is 0.490 e. The third-order valence-corrected chi connectivity index (χ3v) is 4.93. The van der Waals surface area contributed by atoms with Crippen LogP contribution in [0.1, 0.15) is 31.9 Å². The molecule has 9 heteroatoms. The van der Waals surface area contributed by atoms with Crippen LogP contribution >= 0.6 is 0 Å². The minimum Gasteiger partial charge on any atom is -0.490 e. The maximum absolute atomic E-state index is 13.4. The number of halogens is 1. The van der Waals surface area contributed by atoms with Gasteiger partial charge in [-0.1, -0.05) is 32.0 Å². The van der Waals surface area contributed by atoms with E-state index in [0.29, 0.717) is 30.3 Å². The number of ether oxygens (including phenoxy) is 2. The first-order chi connectivity index (χ1) is 15.0. The van der Waals surface area contributed by atoms with Crippen LogP contribution in [0.4, 0.5) is 4.39 Å². The van der Waals surface area contributed by atoms with Gasteiger partial charge in [-0.3, -0.25) is 4.79 Å². The Kier molecular flexibility index (Phi) is 6.11. The lowest BCUT2D eigenvalue weighted by molar-refractivity contribution is -0.123. The van der Waals surface area contributed by atoms with Crippen molar-refractivity contribution in [3.63, 3.8) is 0 Å². The summed E-state index contributed by atoms with van der Waals surface area (Å²) in [7, 11) is 0. The average Bonchev–Trinajstić information content (AvgIpc) is 3.08. The maximum Gasteiger partial charge on any atom is 0.244 e. The highest BCUT2D eigenvalue weighted by molar-refractivity contribution is 5.76. The Hall–Kier alpha value is -3.49. The van der Waals surface area contributed by atoms with Crippen molar-refractivity contribution in [1.82, 2.24) is 25.5 Å². The number of amides is 1. The van der Waals surface area contributed by atoms with Crippen LogP contribution in [-0.4, -0.2) is 39.3 Å². The molecular formula is C22H24FN5O3. The summed E-state index contributed by atoms with van der Waals surface area (Å²) in [6.45, 7) is 5.18. The molecule has 31 heavy (non-hydrogen) atoms. The molecule has 0 saturated carbocycles. The Labute approximate surface area is 179 Å². The molecule has 1 N–H and O–H groups in total. The van der Waals surface area contributed by atoms with E-state index < -0.39 is 0 Å². The summed E-state index contributed by atoms with van der Waals surface area (Å²) < 4.78 is 24.9. The second kappa shape index (κ2) is 9.11. The van der Waals surface area contributed by atoms with E-state index in [0.717, 1.165) is 12.0 Å². The minimum atomic E-state index is -0.387. The van der Waals surface area contributed by atoms with Gasteiger partial charge in [-0.25, -0.2) is 4.39 Å². The fourth-order valence-electron chi connectivity index (χ4n) is 3.41. The van der Waals surface area contributed by atoms with E-state index in [9.17, 15) is 9.18 Å². The van der Waals surface area contributed by atoms with Gasteiger partial charge in [0.1, 0.15) is 12.4 Å². The molecule has 0 fully saturated rings. The van der Waals surface area contributed by atoms with Crippen LogP contribution in [0.5, 0.6) is 11.5 Å². The molecule has 0 radical (unpaired) electrons. The molecular weight excluding hydrogens is 401 g/mol. The molecule has 0 bridgehead atoms. The maximum atomic E-state index is 13.4. The number of carbonyl (C=O) groups excluding carboxylic acids is 1. The molecule has 1 atom stereocenters. The molecule has 3 aromatic rings. The first kappa shape index (κ1) is 20.8. The van der Waals surface area contributed by atoms with Gasteiger partial charge in [0.05, 0.1) is 19.3 Å². The van der Waals surface area contributed by atoms with Gasteiger partial charge in [-0.05, 0) is 41.0 Å². The van der Waals surface area contributed by atoms with Crippen LogP contribution in [0.15, 0.2) is 42.5 Å². The van der Waals surface area contributed by atoms with Crippen molar-refractivity contribution in [2.24, 2.45) is 5.92 Å². The van der Waals surface area contributed by atoms with Gasteiger partial charge in [0, 0.05) is 12.0 Å². The quantitative estimate of drug-likeness (QED) is 0.652. The monoisotopic (exact) mass is 425 g/mol. The zero-order chi connectivity index (χ0) is 21.8. The van der Waals surface area contributed by atoms with E-state index in [1.54, 1.807) is 12.1 Å². The predicted octanol–water partition coefficient (Wildman–Crippen LogP) is 3.15. The zero-order valence-corrected chi connectivity index (χ0v) is 17.4. The van der Waals surface area contributed by atoms with Crippen molar-refractivity contribution in [2.75, 3.05) is 13.2 Å². The van der Waals surface area contributed by atoms with E-state index in [-0.39, 0.29) is 36.1 Å². The molecule has 0 spiro atoms. The molecule has 2 aromatic carbocycles. The molecule has 1 unspecified atom stereocenters. The van der Waals surface area contributed by atoms with Crippen LogP contribution < -0.4 is 14.8 Å². The molecule has 2 heterocycles. The van der Waals surface area contributed by atoms with E-state index >= 15 is 0 Å². The molecule has 1 aromatic heterocycles. The fourth-order valence-corrected chi connectivity index (χ4v) is 3.41. The summed E-state index contributed by atoms with van der Waals surface area (Å²) in [5.74, 6) is 1.16. The van der Waals surface area contributed by atoms with Gasteiger partial charge in [-0.2, -0.15) is 4.80 Å². The number of nitrogens with zero attached hydrogens (tertiary/aromatic N) is 4. The Balaban J connectivity index is 1.46. The van der Waals surface area contributed by atoms with Crippen LogP contribution in [0.2, 0.25) is 0 Å². The number of fused-ring (bicyclic) bond motifs is 1. The number of hydrogen-bond donors (Lipinski definition) is 1. The fraction of sp³-hybridized carbons (Fsp3) is 0.364. The topological polar surface area (TPSA) is 91.2 Å². The second-order valence-corrected chi connectivity index (χ2v) is 7.70. The van der Waals surface area contributed by atoms with Crippen LogP contribution in [-0.2, 0) is 11.3 Å². The zero-order valence-electron chi connectivity index (χ0n) is 17.4. The Bertz CT molecular complexity index is 1070. The number of hydrogen-bond acceptors (Lipinski definition) is 6. The number of nitrogens with one attached hydrogen (secondary N) is 1. The SMILES string of the molecule is CC(C)C(NC(=O)Cn1nnc(-c2cccc(F)c2)n1)c1ccc2c(c1)OCCCO2. The molecule has 1 aliphatic rings. The van der Waals surface area contributed by atoms with Crippen molar-refractivity contribution in [3.8, 4) is 22.9 Å². The van der Waals surface area contributed by atoms with Crippen molar-refractivity contribution in [3.05, 3.63) is 53.8 Å². The number of tetrazole rings is 1. The highest BCUT2D eigenvalue weighted by Gasteiger charge is 2.22. The van der Waals surface area contributed by atoms with E-state index in [1.165, 1.54) is 16.9 Å². The van der Waals surface area contributed by atoms with E-state index in [2.05, 4.69) is 20.7 Å². The minimum absolute atomic E-state index is 0.101. The first-order valence-electron chi connectivity index (χ1n) is 10.2. The first-order valence-corrected chi connectivity index (χ1v) is 10.2. The van der Waals surface area contributed by atoms with Crippen molar-refractivity contribution >= 4 is 5.91 Å². The van der Waals surface area contributed by atoms with Gasteiger partial charge in [-0.15, -0.1) is 10.2 Å². The smallest absolute Gasteiger partial charge is 0.244 e. The number of rotatable bonds is 6. The van der Waals surface area contributed by atoms with Crippen LogP contribution in [0, 0.1) is 11.7 Å². The van der Waals surface area contributed by atoms with Crippen LogP contribution in [0.3, 0.4) is 0 Å². The highest BCUT2D eigenvalue weighted by Crippen LogP contribution is 2.34. The molecule has 8 nitrogen and oxygen atoms in total. The van der Waals surface area contributed by atoms with E-state index in [4.69, 9.17) is 9.47 Å². The average molecular weight is 425 g/mol. The summed E-state index contributed by atoms with van der Waals surface area (Å²) in [6.07, 6.45) is 0.830. The lowest BCUT2D eigenvalue weighted by atomic mass is 9.95. The molecule has 4 rings (SSSR count). The number of aromatic nitrogens is 4. The third-order valence-electron chi connectivity index (χ3n) is 4.93. The van der Waals surface area contributed by atoms with Gasteiger partial charge < -0.3 is 14.8 Å². The Morgan fingerprint density at radius 1 is 1.16 bits per heavy atom. The molecule has 1 amide bonds. The van der Waals surface area contributed by atoms with E-state index in [1.807, 2.05) is 32.0 Å². The summed E-state index contributed by atoms with van der Waals surface area (Å²) in [5, 5.41) is 15.0. The standard InChI is InChI=1S/C22H24FN5O3/c1-14(2)21(15-7-8-18-19(12-15)31-10-4-9-30-18)24-20(29)13-28-26-22(25-27-28)16-5-3-6-17(23)11-16/h3,5-8,11-12,14,21H,4,9-10,13H2,1-2H3,(H,24,29). The van der Waals surface area contributed by atoms with Gasteiger partial charge in [0.2, 0.25) is 11.7 Å². The van der Waals surface area contributed by atoms with Crippen molar-refractivity contribution in [1.29, 1.82) is 0 Å². The lowest BCUT2D eigenvalue weighted by Gasteiger charge is -2.23. The van der Waals surface area contributed by atoms with Gasteiger partial charge in [0.25, 0.3) is 0 Å². The highest BCUT2D eigenvalue weighted by atomic mass is 19.1. The van der Waals surface area contributed by atoms with Crippen molar-refractivity contribution in [2.45, 2.75) is 32.9 Å². The molecule has 1 aliphatic heterocycles. The Morgan fingerprint density at radius 3 is 2.74 bits per heavy atom. The summed E-state index contributed by atoms with van der Waals surface area (Å²) in [5.41, 5.74) is 1.43. The molecule has 0 saturated heterocycles. The third kappa shape index (κ3) is 4.99. The normalized spacial score (nSPS) is 14.2. The summed E-state index contributed by atoms with van der Waals surface area (Å²) in [4.78, 5) is 13.9. The molecule has 0 aliphatic carbocycles. The van der Waals surface area contributed by atoms with Gasteiger partial charge in [0.15, 0.2) is 11.5 Å². The van der Waals surface area contributed by atoms with Gasteiger partial charge >= 0.3 is 0 Å². The summed E-state index contributed by atoms with van der Waals surface area (Å²) in [6, 6.07) is 11.4. The molecule has 162 valence electrons. The van der Waals surface area contributed by atoms with Crippen LogP contribution in [0.25, 0.3) is 11.4 Å². The predicted molar refractivity (Wildman–Crippen MR) is 111 cm³/mol. The lowest BCUT2D eigenvalue weighted by Crippen LogP contribution is -2.34.